The fourth-order valence-electron chi connectivity index (χ4n) is 3.15. The van der Waals surface area contributed by atoms with Gasteiger partial charge in [-0.3, -0.25) is 4.79 Å². The van der Waals surface area contributed by atoms with Crippen LogP contribution < -0.4 is 5.32 Å². The Labute approximate surface area is 142 Å². The van der Waals surface area contributed by atoms with E-state index in [-0.39, 0.29) is 17.6 Å². The highest BCUT2D eigenvalue weighted by Crippen LogP contribution is 2.26. The first kappa shape index (κ1) is 16.9. The van der Waals surface area contributed by atoms with E-state index in [9.17, 15) is 13.2 Å². The molecule has 3 rings (SSSR count). The molecule has 0 bridgehead atoms. The van der Waals surface area contributed by atoms with Crippen LogP contribution in [0.2, 0.25) is 0 Å². The molecule has 5 nitrogen and oxygen atoms in total. The summed E-state index contributed by atoms with van der Waals surface area (Å²) >= 11 is 0. The molecule has 0 aliphatic carbocycles. The Morgan fingerprint density at radius 1 is 1.12 bits per heavy atom. The van der Waals surface area contributed by atoms with E-state index in [1.54, 1.807) is 6.92 Å². The summed E-state index contributed by atoms with van der Waals surface area (Å²) in [6.07, 6.45) is 1.13. The maximum Gasteiger partial charge on any atom is 0.227 e. The van der Waals surface area contributed by atoms with Crippen molar-refractivity contribution in [3.05, 3.63) is 42.5 Å². The van der Waals surface area contributed by atoms with Crippen molar-refractivity contribution >= 4 is 32.4 Å². The maximum absolute atomic E-state index is 12.6. The smallest absolute Gasteiger partial charge is 0.227 e. The van der Waals surface area contributed by atoms with E-state index in [0.29, 0.717) is 25.9 Å². The van der Waals surface area contributed by atoms with Crippen LogP contribution in [0, 0.1) is 5.92 Å². The molecule has 1 heterocycles. The van der Waals surface area contributed by atoms with Gasteiger partial charge in [0, 0.05) is 30.1 Å². The van der Waals surface area contributed by atoms with Gasteiger partial charge in [0.2, 0.25) is 15.9 Å². The molecule has 1 fully saturated rings. The molecule has 0 aromatic heterocycles. The first-order chi connectivity index (χ1) is 11.5. The number of sulfonamides is 1. The third-order valence-electron chi connectivity index (χ3n) is 4.63. The second kappa shape index (κ2) is 6.91. The van der Waals surface area contributed by atoms with Gasteiger partial charge in [0.25, 0.3) is 0 Å². The predicted molar refractivity (Wildman–Crippen MR) is 96.3 cm³/mol. The summed E-state index contributed by atoms with van der Waals surface area (Å²) in [5, 5.41) is 5.11. The van der Waals surface area contributed by atoms with E-state index in [1.807, 2.05) is 42.5 Å². The van der Waals surface area contributed by atoms with Gasteiger partial charge in [-0.2, -0.15) is 0 Å². The van der Waals surface area contributed by atoms with Gasteiger partial charge in [0.05, 0.1) is 5.75 Å². The molecule has 0 radical (unpaired) electrons. The van der Waals surface area contributed by atoms with Gasteiger partial charge < -0.3 is 5.32 Å². The number of hydrogen-bond acceptors (Lipinski definition) is 3. The van der Waals surface area contributed by atoms with Crippen LogP contribution in [0.4, 0.5) is 5.69 Å². The average Bonchev–Trinajstić information content (AvgIpc) is 2.62. The van der Waals surface area contributed by atoms with E-state index in [0.717, 1.165) is 16.5 Å². The van der Waals surface area contributed by atoms with Crippen LogP contribution in [-0.2, 0) is 14.8 Å². The van der Waals surface area contributed by atoms with Crippen molar-refractivity contribution in [3.63, 3.8) is 0 Å². The molecule has 1 saturated heterocycles. The van der Waals surface area contributed by atoms with Gasteiger partial charge >= 0.3 is 0 Å². The lowest BCUT2D eigenvalue weighted by atomic mass is 9.97. The van der Waals surface area contributed by atoms with Gasteiger partial charge in [0.1, 0.15) is 0 Å². The first-order valence-electron chi connectivity index (χ1n) is 8.27. The summed E-state index contributed by atoms with van der Waals surface area (Å²) in [5.74, 6) is -0.0629. The van der Waals surface area contributed by atoms with Crippen molar-refractivity contribution in [2.75, 3.05) is 24.2 Å². The van der Waals surface area contributed by atoms with Gasteiger partial charge in [-0.1, -0.05) is 36.4 Å². The molecule has 0 atom stereocenters. The van der Waals surface area contributed by atoms with Gasteiger partial charge in [0.15, 0.2) is 0 Å². The molecule has 1 amide bonds. The highest BCUT2D eigenvalue weighted by atomic mass is 32.2. The molecule has 6 heteroatoms. The molecule has 2 aromatic rings. The SMILES string of the molecule is CCS(=O)(=O)N1CCC(C(=O)Nc2cccc3ccccc23)CC1. The molecule has 0 spiro atoms. The standard InChI is InChI=1S/C18H22N2O3S/c1-2-24(22,23)20-12-10-15(11-13-20)18(21)19-17-9-5-7-14-6-3-4-8-16(14)17/h3-9,15H,2,10-13H2,1H3,(H,19,21). The molecule has 1 aliphatic rings. The van der Waals surface area contributed by atoms with Crippen molar-refractivity contribution in [3.8, 4) is 0 Å². The molecule has 1 N–H and O–H groups in total. The van der Waals surface area contributed by atoms with E-state index >= 15 is 0 Å². The zero-order valence-corrected chi connectivity index (χ0v) is 14.6. The van der Waals surface area contributed by atoms with Crippen LogP contribution in [0.15, 0.2) is 42.5 Å². The molecule has 1 aliphatic heterocycles. The van der Waals surface area contributed by atoms with Crippen LogP contribution in [-0.4, -0.2) is 37.5 Å². The number of hydrogen-bond donors (Lipinski definition) is 1. The fourth-order valence-corrected chi connectivity index (χ4v) is 4.28. The normalized spacial score (nSPS) is 17.0. The number of benzene rings is 2. The van der Waals surface area contributed by atoms with E-state index < -0.39 is 10.0 Å². The van der Waals surface area contributed by atoms with Crippen molar-refractivity contribution < 1.29 is 13.2 Å². The molecule has 128 valence electrons. The lowest BCUT2D eigenvalue weighted by molar-refractivity contribution is -0.120. The molecular formula is C18H22N2O3S. The Kier molecular flexibility index (Phi) is 4.87. The quantitative estimate of drug-likeness (QED) is 0.926. The number of piperidine rings is 1. The maximum atomic E-state index is 12.6. The lowest BCUT2D eigenvalue weighted by Crippen LogP contribution is -2.42. The zero-order chi connectivity index (χ0) is 17.2. The Balaban J connectivity index is 1.68. The van der Waals surface area contributed by atoms with Crippen molar-refractivity contribution in [2.24, 2.45) is 5.92 Å². The van der Waals surface area contributed by atoms with E-state index in [1.165, 1.54) is 4.31 Å². The van der Waals surface area contributed by atoms with Crippen molar-refractivity contribution in [1.82, 2.24) is 4.31 Å². The Morgan fingerprint density at radius 2 is 1.79 bits per heavy atom. The molecule has 24 heavy (non-hydrogen) atoms. The van der Waals surface area contributed by atoms with Crippen LogP contribution in [0.25, 0.3) is 10.8 Å². The average molecular weight is 346 g/mol. The number of nitrogens with zero attached hydrogens (tertiary/aromatic N) is 1. The summed E-state index contributed by atoms with van der Waals surface area (Å²) in [5.41, 5.74) is 0.807. The summed E-state index contributed by atoms with van der Waals surface area (Å²) in [6.45, 7) is 2.49. The number of anilines is 1. The molecule has 0 saturated carbocycles. The second-order valence-corrected chi connectivity index (χ2v) is 8.35. The summed E-state index contributed by atoms with van der Waals surface area (Å²) in [4.78, 5) is 12.6. The molecular weight excluding hydrogens is 324 g/mol. The van der Waals surface area contributed by atoms with Crippen LogP contribution in [0.3, 0.4) is 0 Å². The molecule has 2 aromatic carbocycles. The summed E-state index contributed by atoms with van der Waals surface area (Å²) < 4.78 is 25.3. The van der Waals surface area contributed by atoms with Gasteiger partial charge in [-0.15, -0.1) is 0 Å². The van der Waals surface area contributed by atoms with Crippen LogP contribution in [0.5, 0.6) is 0 Å². The Hall–Kier alpha value is -1.92. The van der Waals surface area contributed by atoms with Crippen LogP contribution in [0.1, 0.15) is 19.8 Å². The van der Waals surface area contributed by atoms with E-state index in [2.05, 4.69) is 5.32 Å². The Morgan fingerprint density at radius 3 is 2.50 bits per heavy atom. The van der Waals surface area contributed by atoms with Crippen LogP contribution >= 0.6 is 0 Å². The number of nitrogens with one attached hydrogen (secondary N) is 1. The number of rotatable bonds is 4. The third-order valence-corrected chi connectivity index (χ3v) is 6.51. The largest absolute Gasteiger partial charge is 0.325 e. The number of carbonyl (C=O) groups excluding carboxylic acids is 1. The van der Waals surface area contributed by atoms with Crippen molar-refractivity contribution in [1.29, 1.82) is 0 Å². The number of fused-ring (bicyclic) bond motifs is 1. The monoisotopic (exact) mass is 346 g/mol. The highest BCUT2D eigenvalue weighted by molar-refractivity contribution is 7.89. The number of carbonyl (C=O) groups is 1. The van der Waals surface area contributed by atoms with Gasteiger partial charge in [-0.25, -0.2) is 12.7 Å². The summed E-state index contributed by atoms with van der Waals surface area (Å²) in [7, 11) is -3.16. The van der Waals surface area contributed by atoms with E-state index in [4.69, 9.17) is 0 Å². The van der Waals surface area contributed by atoms with Gasteiger partial charge in [-0.05, 0) is 31.2 Å². The van der Waals surface area contributed by atoms with Crippen molar-refractivity contribution in [2.45, 2.75) is 19.8 Å². The minimum atomic E-state index is -3.16. The predicted octanol–water partition coefficient (Wildman–Crippen LogP) is 2.84. The second-order valence-electron chi connectivity index (χ2n) is 6.09. The number of amides is 1. The highest BCUT2D eigenvalue weighted by Gasteiger charge is 2.30. The fraction of sp³-hybridized carbons (Fsp3) is 0.389. The zero-order valence-electron chi connectivity index (χ0n) is 13.7. The molecule has 0 unspecified atom stereocenters. The first-order valence-corrected chi connectivity index (χ1v) is 9.88. The Bertz CT molecular complexity index is 835. The third kappa shape index (κ3) is 3.44. The topological polar surface area (TPSA) is 66.5 Å². The lowest BCUT2D eigenvalue weighted by Gasteiger charge is -2.30. The summed E-state index contributed by atoms with van der Waals surface area (Å²) in [6, 6.07) is 13.8. The minimum absolute atomic E-state index is 0.0279. The minimum Gasteiger partial charge on any atom is -0.325 e.